The fourth-order valence-electron chi connectivity index (χ4n) is 2.16. The maximum absolute atomic E-state index is 12.4. The van der Waals surface area contributed by atoms with Crippen molar-refractivity contribution < 1.29 is 13.2 Å². The summed E-state index contributed by atoms with van der Waals surface area (Å²) in [5.41, 5.74) is 0. The van der Waals surface area contributed by atoms with Crippen LogP contribution in [0, 0.1) is 18.3 Å². The van der Waals surface area contributed by atoms with Crippen molar-refractivity contribution in [2.45, 2.75) is 17.1 Å². The molecule has 7 heteroatoms. The lowest BCUT2D eigenvalue weighted by atomic mass is 9.99. The number of sulfonamides is 1. The molecule has 0 saturated carbocycles. The second-order valence-electron chi connectivity index (χ2n) is 4.63. The standard InChI is InChI=1S/C13H16BrNO3S2/c1-2-9-18-10-11-5-7-15(8-6-11)20(16,17)13-4-3-12(14)19-13/h1,3-4,11H,5-10H2. The Hall–Kier alpha value is -0.390. The molecule has 0 aliphatic carbocycles. The van der Waals surface area contributed by atoms with Gasteiger partial charge >= 0.3 is 0 Å². The molecule has 0 N–H and O–H groups in total. The molecule has 110 valence electrons. The Balaban J connectivity index is 1.92. The Morgan fingerprint density at radius 1 is 1.45 bits per heavy atom. The normalized spacial score (nSPS) is 18.0. The molecule has 20 heavy (non-hydrogen) atoms. The van der Waals surface area contributed by atoms with Gasteiger partial charge < -0.3 is 4.74 Å². The zero-order chi connectivity index (χ0) is 14.6. The molecule has 1 aliphatic rings. The summed E-state index contributed by atoms with van der Waals surface area (Å²) < 4.78 is 33.0. The number of hydrogen-bond donors (Lipinski definition) is 0. The van der Waals surface area contributed by atoms with Crippen molar-refractivity contribution in [1.82, 2.24) is 4.31 Å². The summed E-state index contributed by atoms with van der Waals surface area (Å²) in [6.07, 6.45) is 6.76. The second kappa shape index (κ2) is 7.05. The van der Waals surface area contributed by atoms with E-state index in [-0.39, 0.29) is 0 Å². The van der Waals surface area contributed by atoms with E-state index in [1.54, 1.807) is 16.4 Å². The van der Waals surface area contributed by atoms with E-state index < -0.39 is 10.0 Å². The smallest absolute Gasteiger partial charge is 0.252 e. The van der Waals surface area contributed by atoms with Crippen molar-refractivity contribution >= 4 is 37.3 Å². The third-order valence-corrected chi connectivity index (χ3v) is 7.24. The third kappa shape index (κ3) is 3.83. The summed E-state index contributed by atoms with van der Waals surface area (Å²) in [6, 6.07) is 3.41. The van der Waals surface area contributed by atoms with Gasteiger partial charge in [0, 0.05) is 13.1 Å². The molecule has 0 unspecified atom stereocenters. The zero-order valence-corrected chi connectivity index (χ0v) is 14.1. The van der Waals surface area contributed by atoms with Crippen molar-refractivity contribution in [2.75, 3.05) is 26.3 Å². The molecule has 0 aromatic carbocycles. The van der Waals surface area contributed by atoms with Gasteiger partial charge in [0.1, 0.15) is 10.8 Å². The largest absolute Gasteiger partial charge is 0.369 e. The molecular weight excluding hydrogens is 362 g/mol. The van der Waals surface area contributed by atoms with Gasteiger partial charge in [-0.3, -0.25) is 0 Å². The number of hydrogen-bond acceptors (Lipinski definition) is 4. The third-order valence-electron chi connectivity index (χ3n) is 3.26. The highest BCUT2D eigenvalue weighted by Crippen LogP contribution is 2.30. The van der Waals surface area contributed by atoms with E-state index in [4.69, 9.17) is 11.2 Å². The summed E-state index contributed by atoms with van der Waals surface area (Å²) in [5.74, 6) is 2.83. The second-order valence-corrected chi connectivity index (χ2v) is 9.25. The van der Waals surface area contributed by atoms with Gasteiger partial charge in [0.15, 0.2) is 0 Å². The van der Waals surface area contributed by atoms with Crippen molar-refractivity contribution in [3.8, 4) is 12.3 Å². The van der Waals surface area contributed by atoms with Crippen LogP contribution in [0.5, 0.6) is 0 Å². The van der Waals surface area contributed by atoms with Gasteiger partial charge in [0.2, 0.25) is 0 Å². The van der Waals surface area contributed by atoms with Gasteiger partial charge in [-0.15, -0.1) is 17.8 Å². The molecule has 0 amide bonds. The van der Waals surface area contributed by atoms with Crippen LogP contribution in [0.1, 0.15) is 12.8 Å². The minimum Gasteiger partial charge on any atom is -0.369 e. The lowest BCUT2D eigenvalue weighted by molar-refractivity contribution is 0.101. The molecule has 1 saturated heterocycles. The first-order valence-corrected chi connectivity index (χ1v) is 9.35. The zero-order valence-electron chi connectivity index (χ0n) is 10.9. The summed E-state index contributed by atoms with van der Waals surface area (Å²) in [4.78, 5) is 0. The summed E-state index contributed by atoms with van der Waals surface area (Å²) in [7, 11) is -3.34. The Morgan fingerprint density at radius 3 is 2.70 bits per heavy atom. The molecule has 1 aromatic heterocycles. The highest BCUT2D eigenvalue weighted by molar-refractivity contribution is 9.11. The summed E-state index contributed by atoms with van der Waals surface area (Å²) >= 11 is 4.54. The van der Waals surface area contributed by atoms with Crippen molar-refractivity contribution in [1.29, 1.82) is 0 Å². The van der Waals surface area contributed by atoms with Crippen molar-refractivity contribution in [2.24, 2.45) is 5.92 Å². The lowest BCUT2D eigenvalue weighted by Crippen LogP contribution is -2.39. The number of terminal acetylenes is 1. The highest BCUT2D eigenvalue weighted by atomic mass is 79.9. The Bertz CT molecular complexity index is 583. The van der Waals surface area contributed by atoms with Crippen molar-refractivity contribution in [3.05, 3.63) is 15.9 Å². The Morgan fingerprint density at radius 2 is 2.15 bits per heavy atom. The number of thiophene rings is 1. The van der Waals surface area contributed by atoms with Gasteiger partial charge in [0.25, 0.3) is 10.0 Å². The first-order chi connectivity index (χ1) is 9.54. The summed E-state index contributed by atoms with van der Waals surface area (Å²) in [6.45, 7) is 2.02. The van der Waals surface area contributed by atoms with Gasteiger partial charge in [-0.25, -0.2) is 8.42 Å². The van der Waals surface area contributed by atoms with E-state index in [1.807, 2.05) is 0 Å². The van der Waals surface area contributed by atoms with Gasteiger partial charge in [-0.1, -0.05) is 5.92 Å². The van der Waals surface area contributed by atoms with Crippen LogP contribution in [0.3, 0.4) is 0 Å². The monoisotopic (exact) mass is 377 g/mol. The number of rotatable bonds is 5. The van der Waals surface area contributed by atoms with Gasteiger partial charge in [-0.05, 0) is 46.8 Å². The van der Waals surface area contributed by atoms with Crippen molar-refractivity contribution in [3.63, 3.8) is 0 Å². The van der Waals surface area contributed by atoms with Crippen LogP contribution >= 0.6 is 27.3 Å². The number of piperidine rings is 1. The predicted molar refractivity (Wildman–Crippen MR) is 83.2 cm³/mol. The Kier molecular flexibility index (Phi) is 5.64. The molecule has 2 heterocycles. The number of ether oxygens (including phenoxy) is 1. The van der Waals surface area contributed by atoms with E-state index >= 15 is 0 Å². The number of halogens is 1. The van der Waals surface area contributed by atoms with E-state index in [2.05, 4.69) is 21.9 Å². The lowest BCUT2D eigenvalue weighted by Gasteiger charge is -2.30. The van der Waals surface area contributed by atoms with Crippen LogP contribution in [0.2, 0.25) is 0 Å². The summed E-state index contributed by atoms with van der Waals surface area (Å²) in [5, 5.41) is 0. The minimum atomic E-state index is -3.34. The minimum absolute atomic E-state index is 0.321. The quantitative estimate of drug-likeness (QED) is 0.585. The number of nitrogens with zero attached hydrogens (tertiary/aromatic N) is 1. The fourth-order valence-corrected chi connectivity index (χ4v) is 5.80. The first-order valence-electron chi connectivity index (χ1n) is 6.30. The van der Waals surface area contributed by atoms with Gasteiger partial charge in [0.05, 0.1) is 10.4 Å². The molecule has 2 rings (SSSR count). The highest BCUT2D eigenvalue weighted by Gasteiger charge is 2.30. The average molecular weight is 378 g/mol. The van der Waals surface area contributed by atoms with E-state index in [0.717, 1.165) is 16.6 Å². The Labute approximate surface area is 132 Å². The molecular formula is C13H16BrNO3S2. The van der Waals surface area contributed by atoms with Crippen LogP contribution in [-0.4, -0.2) is 39.0 Å². The molecule has 1 aromatic rings. The average Bonchev–Trinajstić information content (AvgIpc) is 2.87. The predicted octanol–water partition coefficient (Wildman–Crippen LogP) is 2.56. The van der Waals surface area contributed by atoms with Crippen LogP contribution in [-0.2, 0) is 14.8 Å². The first kappa shape index (κ1) is 16.0. The molecule has 1 fully saturated rings. The molecule has 1 aliphatic heterocycles. The van der Waals surface area contributed by atoms with E-state index in [1.165, 1.54) is 11.3 Å². The molecule has 0 bridgehead atoms. The van der Waals surface area contributed by atoms with E-state index in [9.17, 15) is 8.42 Å². The molecule has 4 nitrogen and oxygen atoms in total. The molecule has 0 atom stereocenters. The topological polar surface area (TPSA) is 46.6 Å². The fraction of sp³-hybridized carbons (Fsp3) is 0.538. The molecule has 0 radical (unpaired) electrons. The maximum Gasteiger partial charge on any atom is 0.252 e. The van der Waals surface area contributed by atoms with Crippen LogP contribution in [0.15, 0.2) is 20.1 Å². The van der Waals surface area contributed by atoms with Crippen LogP contribution in [0.4, 0.5) is 0 Å². The van der Waals surface area contributed by atoms with Crippen LogP contribution < -0.4 is 0 Å². The SMILES string of the molecule is C#CCOCC1CCN(S(=O)(=O)c2ccc(Br)s2)CC1. The molecule has 0 spiro atoms. The van der Waals surface area contributed by atoms with Gasteiger partial charge in [-0.2, -0.15) is 4.31 Å². The maximum atomic E-state index is 12.4. The van der Waals surface area contributed by atoms with E-state index in [0.29, 0.717) is 36.4 Å². The van der Waals surface area contributed by atoms with Crippen LogP contribution in [0.25, 0.3) is 0 Å².